The average molecular weight is 228 g/mol. The monoisotopic (exact) mass is 227 g/mol. The van der Waals surface area contributed by atoms with Crippen molar-refractivity contribution in [1.82, 2.24) is 9.55 Å². The van der Waals surface area contributed by atoms with Gasteiger partial charge in [-0.1, -0.05) is 11.6 Å². The van der Waals surface area contributed by atoms with E-state index in [1.165, 1.54) is 0 Å². The van der Waals surface area contributed by atoms with Crippen LogP contribution < -0.4 is 10.6 Å². The minimum atomic E-state index is -0.271. The fraction of sp³-hybridized carbons (Fsp3) is 0.556. The molecule has 1 aromatic rings. The number of rotatable bonds is 0. The van der Waals surface area contributed by atoms with E-state index < -0.39 is 0 Å². The summed E-state index contributed by atoms with van der Waals surface area (Å²) in [5, 5.41) is 0.262. The van der Waals surface area contributed by atoms with Gasteiger partial charge in [-0.25, -0.2) is 4.79 Å². The zero-order valence-electron chi connectivity index (χ0n) is 8.02. The third kappa shape index (κ3) is 1.34. The van der Waals surface area contributed by atoms with Gasteiger partial charge in [0.25, 0.3) is 0 Å². The predicted octanol–water partition coefficient (Wildman–Crippen LogP) is 0.115. The van der Waals surface area contributed by atoms with Crippen LogP contribution in [0.2, 0.25) is 5.15 Å². The molecule has 0 N–H and O–H groups in total. The van der Waals surface area contributed by atoms with Crippen LogP contribution in [0.15, 0.2) is 10.9 Å². The first-order chi connectivity index (χ1) is 7.25. The van der Waals surface area contributed by atoms with Crippen LogP contribution in [0, 0.1) is 0 Å². The van der Waals surface area contributed by atoms with Crippen molar-refractivity contribution in [3.05, 3.63) is 21.7 Å². The van der Waals surface area contributed by atoms with Crippen LogP contribution in [0.3, 0.4) is 0 Å². The largest absolute Gasteiger partial charge is 0.377 e. The van der Waals surface area contributed by atoms with Crippen LogP contribution in [-0.4, -0.2) is 35.4 Å². The molecule has 3 rings (SSSR count). The van der Waals surface area contributed by atoms with Gasteiger partial charge in [-0.2, -0.15) is 4.98 Å². The van der Waals surface area contributed by atoms with E-state index in [0.717, 1.165) is 12.4 Å². The molecular weight excluding hydrogens is 218 g/mol. The van der Waals surface area contributed by atoms with E-state index in [0.29, 0.717) is 19.8 Å². The van der Waals surface area contributed by atoms with E-state index in [1.807, 2.05) is 0 Å². The Bertz CT molecular complexity index is 459. The lowest BCUT2D eigenvalue weighted by Crippen LogP contribution is -2.43. The highest BCUT2D eigenvalue weighted by atomic mass is 35.5. The van der Waals surface area contributed by atoms with Crippen molar-refractivity contribution in [2.24, 2.45) is 0 Å². The highest BCUT2D eigenvalue weighted by molar-refractivity contribution is 6.29. The van der Waals surface area contributed by atoms with Crippen LogP contribution in [0.25, 0.3) is 0 Å². The normalized spacial score (nSPS) is 23.8. The molecule has 6 heteroatoms. The van der Waals surface area contributed by atoms with E-state index in [4.69, 9.17) is 16.3 Å². The number of morpholine rings is 1. The predicted molar refractivity (Wildman–Crippen MR) is 55.5 cm³/mol. The van der Waals surface area contributed by atoms with E-state index in [2.05, 4.69) is 9.88 Å². The fourth-order valence-corrected chi connectivity index (χ4v) is 2.36. The Morgan fingerprint density at radius 1 is 1.60 bits per heavy atom. The summed E-state index contributed by atoms with van der Waals surface area (Å²) in [6.45, 7) is 2.83. The molecule has 1 aromatic heterocycles. The molecule has 2 aliphatic heterocycles. The number of anilines is 1. The number of fused-ring (bicyclic) bond motifs is 3. The lowest BCUT2D eigenvalue weighted by atomic mass is 10.2. The maximum Gasteiger partial charge on any atom is 0.350 e. The Morgan fingerprint density at radius 3 is 3.33 bits per heavy atom. The molecule has 0 aliphatic carbocycles. The number of hydrogen-bond acceptors (Lipinski definition) is 4. The van der Waals surface area contributed by atoms with Gasteiger partial charge in [0, 0.05) is 12.6 Å². The molecule has 5 nitrogen and oxygen atoms in total. The third-order valence-electron chi connectivity index (χ3n) is 2.87. The average Bonchev–Trinajstić information content (AvgIpc) is 2.57. The lowest BCUT2D eigenvalue weighted by molar-refractivity contribution is 0.0956. The molecule has 0 saturated carbocycles. The van der Waals surface area contributed by atoms with Crippen molar-refractivity contribution in [2.75, 3.05) is 24.7 Å². The molecule has 0 spiro atoms. The van der Waals surface area contributed by atoms with Gasteiger partial charge in [0.2, 0.25) is 0 Å². The second kappa shape index (κ2) is 3.21. The first-order valence-corrected chi connectivity index (χ1v) is 5.25. The molecule has 15 heavy (non-hydrogen) atoms. The topological polar surface area (TPSA) is 47.4 Å². The Hall–Kier alpha value is -1.07. The van der Waals surface area contributed by atoms with Gasteiger partial charge in [-0.05, 0) is 0 Å². The quantitative estimate of drug-likeness (QED) is 0.591. The number of aromatic nitrogens is 2. The highest BCUT2D eigenvalue weighted by Crippen LogP contribution is 2.27. The summed E-state index contributed by atoms with van der Waals surface area (Å²) in [4.78, 5) is 17.4. The minimum absolute atomic E-state index is 0.256. The van der Waals surface area contributed by atoms with Crippen LogP contribution in [0.1, 0.15) is 0 Å². The summed E-state index contributed by atoms with van der Waals surface area (Å²) in [6, 6.07) is 2.00. The molecule has 3 heterocycles. The fourth-order valence-electron chi connectivity index (χ4n) is 2.19. The Morgan fingerprint density at radius 2 is 2.47 bits per heavy atom. The van der Waals surface area contributed by atoms with E-state index in [-0.39, 0.29) is 16.9 Å². The van der Waals surface area contributed by atoms with Gasteiger partial charge in [0.05, 0.1) is 25.8 Å². The molecular formula is C9H10ClN3O2. The minimum Gasteiger partial charge on any atom is -0.377 e. The summed E-state index contributed by atoms with van der Waals surface area (Å²) in [5.74, 6) is 0.869. The molecule has 0 aromatic carbocycles. The van der Waals surface area contributed by atoms with Gasteiger partial charge in [-0.3, -0.25) is 4.57 Å². The van der Waals surface area contributed by atoms with Gasteiger partial charge >= 0.3 is 5.69 Å². The molecule has 1 atom stereocenters. The van der Waals surface area contributed by atoms with Crippen LogP contribution in [0.5, 0.6) is 0 Å². The molecule has 2 aliphatic rings. The first kappa shape index (κ1) is 9.18. The van der Waals surface area contributed by atoms with E-state index in [9.17, 15) is 4.79 Å². The van der Waals surface area contributed by atoms with Gasteiger partial charge in [0.15, 0.2) is 0 Å². The zero-order valence-corrected chi connectivity index (χ0v) is 8.78. The molecule has 1 saturated heterocycles. The van der Waals surface area contributed by atoms with Crippen molar-refractivity contribution < 1.29 is 4.74 Å². The highest BCUT2D eigenvalue weighted by Gasteiger charge is 2.32. The number of halogens is 1. The third-order valence-corrected chi connectivity index (χ3v) is 3.07. The first-order valence-electron chi connectivity index (χ1n) is 4.87. The van der Waals surface area contributed by atoms with E-state index >= 15 is 0 Å². The molecule has 80 valence electrons. The number of nitrogens with zero attached hydrogens (tertiary/aromatic N) is 3. The molecule has 0 amide bonds. The summed E-state index contributed by atoms with van der Waals surface area (Å²) >= 11 is 5.78. The van der Waals surface area contributed by atoms with Crippen molar-refractivity contribution in [3.8, 4) is 0 Å². The SMILES string of the molecule is O=c1nc(Cl)cc2n1C[C@@H]1COCCN21. The second-order valence-corrected chi connectivity index (χ2v) is 4.14. The second-order valence-electron chi connectivity index (χ2n) is 3.75. The van der Waals surface area contributed by atoms with Gasteiger partial charge < -0.3 is 9.64 Å². The van der Waals surface area contributed by atoms with E-state index in [1.54, 1.807) is 10.6 Å². The maximum atomic E-state index is 11.6. The van der Waals surface area contributed by atoms with Crippen LogP contribution in [-0.2, 0) is 11.3 Å². The van der Waals surface area contributed by atoms with Gasteiger partial charge in [0.1, 0.15) is 11.0 Å². The molecule has 0 bridgehead atoms. The van der Waals surface area contributed by atoms with Crippen LogP contribution >= 0.6 is 11.6 Å². The van der Waals surface area contributed by atoms with Crippen LogP contribution in [0.4, 0.5) is 5.82 Å². The van der Waals surface area contributed by atoms with Crippen molar-refractivity contribution in [3.63, 3.8) is 0 Å². The number of ether oxygens (including phenoxy) is 1. The Kier molecular flexibility index (Phi) is 1.97. The van der Waals surface area contributed by atoms with Crippen molar-refractivity contribution >= 4 is 17.4 Å². The standard InChI is InChI=1S/C9H10ClN3O2/c10-7-3-8-12-1-2-15-5-6(12)4-13(8)9(14)11-7/h3,6H,1-2,4-5H2/t6-/m1/s1. The smallest absolute Gasteiger partial charge is 0.350 e. The van der Waals surface area contributed by atoms with Gasteiger partial charge in [-0.15, -0.1) is 0 Å². The molecule has 0 radical (unpaired) electrons. The Balaban J connectivity index is 2.12. The summed E-state index contributed by atoms with van der Waals surface area (Å²) in [6.07, 6.45) is 0. The lowest BCUT2D eigenvalue weighted by Gasteiger charge is -2.30. The summed E-state index contributed by atoms with van der Waals surface area (Å²) < 4.78 is 7.03. The molecule has 0 unspecified atom stereocenters. The maximum absolute atomic E-state index is 11.6. The summed E-state index contributed by atoms with van der Waals surface area (Å²) in [7, 11) is 0. The Labute approximate surface area is 91.2 Å². The van der Waals surface area contributed by atoms with Crippen molar-refractivity contribution in [2.45, 2.75) is 12.6 Å². The van der Waals surface area contributed by atoms with Crippen molar-refractivity contribution in [1.29, 1.82) is 0 Å². The summed E-state index contributed by atoms with van der Waals surface area (Å²) in [5.41, 5.74) is -0.271. The number of hydrogen-bond donors (Lipinski definition) is 0. The molecule has 1 fully saturated rings. The zero-order chi connectivity index (χ0) is 10.4.